The molecule has 0 aliphatic rings. The molecule has 1 aromatic heterocycles. The van der Waals surface area contributed by atoms with Crippen LogP contribution in [0.2, 0.25) is 0 Å². The van der Waals surface area contributed by atoms with Gasteiger partial charge in [-0.05, 0) is 30.4 Å². The van der Waals surface area contributed by atoms with Crippen LogP contribution in [0.4, 0.5) is 0 Å². The van der Waals surface area contributed by atoms with E-state index in [1.807, 2.05) is 31.2 Å². The molecular weight excluding hydrogens is 292 g/mol. The summed E-state index contributed by atoms with van der Waals surface area (Å²) in [4.78, 5) is 16.8. The van der Waals surface area contributed by atoms with Gasteiger partial charge in [0.1, 0.15) is 12.3 Å². The molecule has 1 atom stereocenters. The predicted molar refractivity (Wildman–Crippen MR) is 90.9 cm³/mol. The first kappa shape index (κ1) is 17.2. The SMILES string of the molecule is COCCOc1nc(C(=O)NC(C)C(C)C)cc2ccccc12. The van der Waals surface area contributed by atoms with E-state index in [2.05, 4.69) is 24.1 Å². The smallest absolute Gasteiger partial charge is 0.270 e. The monoisotopic (exact) mass is 316 g/mol. The molecular formula is C18H24N2O3. The van der Waals surface area contributed by atoms with Crippen LogP contribution in [0, 0.1) is 5.92 Å². The number of nitrogens with one attached hydrogen (secondary N) is 1. The molecule has 0 aliphatic heterocycles. The Bertz CT molecular complexity index is 670. The fraction of sp³-hybridized carbons (Fsp3) is 0.444. The van der Waals surface area contributed by atoms with Crippen LogP contribution in [0.3, 0.4) is 0 Å². The first-order chi connectivity index (χ1) is 11.0. The summed E-state index contributed by atoms with van der Waals surface area (Å²) in [6, 6.07) is 9.61. The highest BCUT2D eigenvalue weighted by molar-refractivity contribution is 5.98. The van der Waals surface area contributed by atoms with Gasteiger partial charge in [-0.15, -0.1) is 0 Å². The molecule has 0 aliphatic carbocycles. The fourth-order valence-electron chi connectivity index (χ4n) is 2.06. The Kier molecular flexibility index (Phi) is 5.93. The molecule has 0 spiro atoms. The minimum Gasteiger partial charge on any atom is -0.475 e. The van der Waals surface area contributed by atoms with Gasteiger partial charge in [-0.3, -0.25) is 4.79 Å². The molecule has 5 nitrogen and oxygen atoms in total. The number of rotatable bonds is 7. The van der Waals surface area contributed by atoms with Crippen LogP contribution in [-0.4, -0.2) is 37.3 Å². The number of carbonyl (C=O) groups is 1. The van der Waals surface area contributed by atoms with Crippen molar-refractivity contribution in [2.75, 3.05) is 20.3 Å². The Hall–Kier alpha value is -2.14. The van der Waals surface area contributed by atoms with Crippen molar-refractivity contribution in [2.45, 2.75) is 26.8 Å². The van der Waals surface area contributed by atoms with Gasteiger partial charge in [0.2, 0.25) is 5.88 Å². The zero-order valence-electron chi connectivity index (χ0n) is 14.1. The lowest BCUT2D eigenvalue weighted by Crippen LogP contribution is -2.36. The number of hydrogen-bond donors (Lipinski definition) is 1. The van der Waals surface area contributed by atoms with Gasteiger partial charge < -0.3 is 14.8 Å². The average molecular weight is 316 g/mol. The van der Waals surface area contributed by atoms with Gasteiger partial charge in [-0.2, -0.15) is 0 Å². The number of methoxy groups -OCH3 is 1. The number of aromatic nitrogens is 1. The Morgan fingerprint density at radius 2 is 1.96 bits per heavy atom. The van der Waals surface area contributed by atoms with Gasteiger partial charge in [0.25, 0.3) is 5.91 Å². The Morgan fingerprint density at radius 3 is 2.65 bits per heavy atom. The Morgan fingerprint density at radius 1 is 1.22 bits per heavy atom. The second-order valence-corrected chi connectivity index (χ2v) is 5.88. The second-order valence-electron chi connectivity index (χ2n) is 5.88. The average Bonchev–Trinajstić information content (AvgIpc) is 2.54. The highest BCUT2D eigenvalue weighted by Gasteiger charge is 2.16. The van der Waals surface area contributed by atoms with Crippen molar-refractivity contribution >= 4 is 16.7 Å². The molecule has 0 fully saturated rings. The van der Waals surface area contributed by atoms with Crippen LogP contribution in [-0.2, 0) is 4.74 Å². The van der Waals surface area contributed by atoms with E-state index in [9.17, 15) is 4.79 Å². The second kappa shape index (κ2) is 7.92. The van der Waals surface area contributed by atoms with E-state index in [-0.39, 0.29) is 11.9 Å². The molecule has 124 valence electrons. The summed E-state index contributed by atoms with van der Waals surface area (Å²) >= 11 is 0. The van der Waals surface area contributed by atoms with Gasteiger partial charge in [0.05, 0.1) is 6.61 Å². The molecule has 0 saturated heterocycles. The highest BCUT2D eigenvalue weighted by Crippen LogP contribution is 2.24. The van der Waals surface area contributed by atoms with Crippen molar-refractivity contribution in [1.29, 1.82) is 0 Å². The summed E-state index contributed by atoms with van der Waals surface area (Å²) in [5.74, 6) is 0.632. The van der Waals surface area contributed by atoms with Gasteiger partial charge in [-0.25, -0.2) is 4.98 Å². The van der Waals surface area contributed by atoms with Crippen molar-refractivity contribution in [1.82, 2.24) is 10.3 Å². The van der Waals surface area contributed by atoms with Crippen LogP contribution < -0.4 is 10.1 Å². The molecule has 5 heteroatoms. The van der Waals surface area contributed by atoms with Crippen LogP contribution in [0.5, 0.6) is 5.88 Å². The third-order valence-electron chi connectivity index (χ3n) is 3.82. The maximum Gasteiger partial charge on any atom is 0.270 e. The number of nitrogens with zero attached hydrogens (tertiary/aromatic N) is 1. The predicted octanol–water partition coefficient (Wildman–Crippen LogP) is 3.03. The maximum absolute atomic E-state index is 12.4. The highest BCUT2D eigenvalue weighted by atomic mass is 16.5. The molecule has 1 unspecified atom stereocenters. The van der Waals surface area contributed by atoms with Crippen LogP contribution in [0.25, 0.3) is 10.8 Å². The summed E-state index contributed by atoms with van der Waals surface area (Å²) < 4.78 is 10.7. The number of benzene rings is 1. The summed E-state index contributed by atoms with van der Waals surface area (Å²) in [5, 5.41) is 4.79. The number of fused-ring (bicyclic) bond motifs is 1. The first-order valence-corrected chi connectivity index (χ1v) is 7.85. The maximum atomic E-state index is 12.4. The lowest BCUT2D eigenvalue weighted by atomic mass is 10.1. The number of amides is 1. The normalized spacial score (nSPS) is 12.4. The summed E-state index contributed by atoms with van der Waals surface area (Å²) in [7, 11) is 1.62. The van der Waals surface area contributed by atoms with Crippen LogP contribution in [0.1, 0.15) is 31.3 Å². The quantitative estimate of drug-likeness (QED) is 0.798. The number of ether oxygens (including phenoxy) is 2. The van der Waals surface area contributed by atoms with Gasteiger partial charge >= 0.3 is 0 Å². The molecule has 1 N–H and O–H groups in total. The van der Waals surface area contributed by atoms with Gasteiger partial charge in [0.15, 0.2) is 0 Å². The van der Waals surface area contributed by atoms with Crippen molar-refractivity contribution in [3.05, 3.63) is 36.0 Å². The molecule has 2 aromatic rings. The van der Waals surface area contributed by atoms with Crippen molar-refractivity contribution in [2.24, 2.45) is 5.92 Å². The van der Waals surface area contributed by atoms with E-state index >= 15 is 0 Å². The number of carbonyl (C=O) groups excluding carboxylic acids is 1. The molecule has 1 aromatic carbocycles. The zero-order valence-corrected chi connectivity index (χ0v) is 14.1. The van der Waals surface area contributed by atoms with E-state index in [1.54, 1.807) is 13.2 Å². The van der Waals surface area contributed by atoms with Crippen molar-refractivity contribution in [3.8, 4) is 5.88 Å². The third kappa shape index (κ3) is 4.42. The van der Waals surface area contributed by atoms with Gasteiger partial charge in [-0.1, -0.05) is 32.0 Å². The standard InChI is InChI=1S/C18H24N2O3/c1-12(2)13(3)19-17(21)16-11-14-7-5-6-8-15(14)18(20-16)23-10-9-22-4/h5-8,11-13H,9-10H2,1-4H3,(H,19,21). The van der Waals surface area contributed by atoms with Crippen molar-refractivity contribution < 1.29 is 14.3 Å². The largest absolute Gasteiger partial charge is 0.475 e. The number of hydrogen-bond acceptors (Lipinski definition) is 4. The lowest BCUT2D eigenvalue weighted by molar-refractivity contribution is 0.0924. The minimum atomic E-state index is -0.187. The molecule has 0 bridgehead atoms. The molecule has 2 rings (SSSR count). The summed E-state index contributed by atoms with van der Waals surface area (Å²) in [6.45, 7) is 6.98. The van der Waals surface area contributed by atoms with E-state index in [4.69, 9.17) is 9.47 Å². The molecule has 1 heterocycles. The molecule has 1 amide bonds. The van der Waals surface area contributed by atoms with E-state index in [1.165, 1.54) is 0 Å². The lowest BCUT2D eigenvalue weighted by Gasteiger charge is -2.17. The van der Waals surface area contributed by atoms with Gasteiger partial charge in [0, 0.05) is 18.5 Å². The molecule has 23 heavy (non-hydrogen) atoms. The van der Waals surface area contributed by atoms with Crippen LogP contribution in [0.15, 0.2) is 30.3 Å². The number of pyridine rings is 1. The fourth-order valence-corrected chi connectivity index (χ4v) is 2.06. The van der Waals surface area contributed by atoms with E-state index in [0.29, 0.717) is 30.7 Å². The Balaban J connectivity index is 2.31. The molecule has 0 radical (unpaired) electrons. The minimum absolute atomic E-state index is 0.0774. The first-order valence-electron chi connectivity index (χ1n) is 7.85. The van der Waals surface area contributed by atoms with E-state index in [0.717, 1.165) is 10.8 Å². The Labute approximate surface area is 137 Å². The third-order valence-corrected chi connectivity index (χ3v) is 3.82. The zero-order chi connectivity index (χ0) is 16.8. The van der Waals surface area contributed by atoms with E-state index < -0.39 is 0 Å². The summed E-state index contributed by atoms with van der Waals surface area (Å²) in [5.41, 5.74) is 0.364. The topological polar surface area (TPSA) is 60.5 Å². The van der Waals surface area contributed by atoms with Crippen molar-refractivity contribution in [3.63, 3.8) is 0 Å². The summed E-state index contributed by atoms with van der Waals surface area (Å²) in [6.07, 6.45) is 0. The molecule has 0 saturated carbocycles. The van der Waals surface area contributed by atoms with Crippen LogP contribution >= 0.6 is 0 Å².